The molecule has 3 N–H and O–H groups in total. The van der Waals surface area contributed by atoms with Crippen LogP contribution in [0.4, 0.5) is 10.5 Å². The van der Waals surface area contributed by atoms with Crippen LogP contribution >= 0.6 is 15.9 Å². The molecule has 0 atom stereocenters. The largest absolute Gasteiger partial charge is 0.464 e. The molecule has 14 heavy (non-hydrogen) atoms. The van der Waals surface area contributed by atoms with E-state index in [2.05, 4.69) is 15.9 Å². The second kappa shape index (κ2) is 3.02. The predicted octanol–water partition coefficient (Wildman–Crippen LogP) is 2.51. The van der Waals surface area contributed by atoms with Crippen molar-refractivity contribution in [2.45, 2.75) is 0 Å². The van der Waals surface area contributed by atoms with Crippen molar-refractivity contribution < 1.29 is 9.90 Å². The highest BCUT2D eigenvalue weighted by Gasteiger charge is 2.09. The van der Waals surface area contributed by atoms with Crippen LogP contribution in [0.25, 0.3) is 10.9 Å². The average Bonchev–Trinajstić information content (AvgIpc) is 2.55. The van der Waals surface area contributed by atoms with Gasteiger partial charge in [-0.15, -0.1) is 0 Å². The van der Waals surface area contributed by atoms with E-state index >= 15 is 0 Å². The Bertz CT molecular complexity index is 519. The number of nitrogens with zero attached hydrogens (tertiary/aromatic N) is 1. The Kier molecular flexibility index (Phi) is 1.96. The van der Waals surface area contributed by atoms with E-state index in [0.29, 0.717) is 11.2 Å². The smallest absolute Gasteiger partial charge is 0.415 e. The molecule has 0 saturated carbocycles. The first-order valence-corrected chi connectivity index (χ1v) is 4.69. The highest BCUT2D eigenvalue weighted by molar-refractivity contribution is 9.10. The topological polar surface area (TPSA) is 68.2 Å². The Morgan fingerprint density at radius 1 is 1.43 bits per heavy atom. The monoisotopic (exact) mass is 254 g/mol. The van der Waals surface area contributed by atoms with Gasteiger partial charge < -0.3 is 10.8 Å². The number of hydrogen-bond donors (Lipinski definition) is 2. The zero-order valence-corrected chi connectivity index (χ0v) is 8.65. The first kappa shape index (κ1) is 9.08. The third-order valence-corrected chi connectivity index (χ3v) is 2.93. The van der Waals surface area contributed by atoms with Gasteiger partial charge in [0.1, 0.15) is 0 Å². The molecule has 1 heterocycles. The van der Waals surface area contributed by atoms with Crippen LogP contribution < -0.4 is 5.73 Å². The molecule has 5 heteroatoms. The third-order valence-electron chi connectivity index (χ3n) is 2.04. The lowest BCUT2D eigenvalue weighted by Gasteiger charge is -2.01. The molecule has 0 saturated heterocycles. The summed E-state index contributed by atoms with van der Waals surface area (Å²) in [6, 6.07) is 5.07. The van der Waals surface area contributed by atoms with Crippen LogP contribution in [0, 0.1) is 0 Å². The fraction of sp³-hybridized carbons (Fsp3) is 0. The van der Waals surface area contributed by atoms with Crippen LogP contribution in [0.2, 0.25) is 0 Å². The van der Waals surface area contributed by atoms with E-state index in [-0.39, 0.29) is 0 Å². The van der Waals surface area contributed by atoms with E-state index in [1.807, 2.05) is 0 Å². The van der Waals surface area contributed by atoms with Crippen molar-refractivity contribution in [2.24, 2.45) is 0 Å². The van der Waals surface area contributed by atoms with Gasteiger partial charge in [-0.05, 0) is 34.1 Å². The first-order valence-electron chi connectivity index (χ1n) is 3.89. The van der Waals surface area contributed by atoms with Crippen molar-refractivity contribution in [1.82, 2.24) is 4.57 Å². The molecule has 1 aromatic carbocycles. The molecule has 1 aromatic heterocycles. The SMILES string of the molecule is Nc1ccc2c(ccn2C(=O)O)c1Br. The standard InChI is InChI=1S/C9H7BrN2O2/c10-8-5-3-4-12(9(13)14)7(5)2-1-6(8)11/h1-4H,11H2,(H,13,14). The fourth-order valence-electron chi connectivity index (χ4n) is 1.36. The second-order valence-corrected chi connectivity index (χ2v) is 3.66. The van der Waals surface area contributed by atoms with Crippen LogP contribution in [0.5, 0.6) is 0 Å². The maximum absolute atomic E-state index is 10.8. The Balaban J connectivity index is 2.83. The van der Waals surface area contributed by atoms with Crippen molar-refractivity contribution in [3.8, 4) is 0 Å². The summed E-state index contributed by atoms with van der Waals surface area (Å²) < 4.78 is 1.88. The Hall–Kier alpha value is -1.49. The van der Waals surface area contributed by atoms with Crippen LogP contribution in [-0.2, 0) is 0 Å². The maximum Gasteiger partial charge on any atom is 0.415 e. The number of benzene rings is 1. The molecule has 2 aromatic rings. The highest BCUT2D eigenvalue weighted by atomic mass is 79.9. The molecule has 2 rings (SSSR count). The van der Waals surface area contributed by atoms with E-state index in [4.69, 9.17) is 10.8 Å². The molecular weight excluding hydrogens is 248 g/mol. The van der Waals surface area contributed by atoms with E-state index < -0.39 is 6.09 Å². The minimum absolute atomic E-state index is 0.598. The molecule has 0 fully saturated rings. The molecule has 0 aliphatic heterocycles. The molecule has 72 valence electrons. The summed E-state index contributed by atoms with van der Waals surface area (Å²) in [6.45, 7) is 0. The molecular formula is C9H7BrN2O2. The zero-order chi connectivity index (χ0) is 10.3. The Labute approximate surface area is 88.1 Å². The van der Waals surface area contributed by atoms with E-state index in [1.54, 1.807) is 18.2 Å². The van der Waals surface area contributed by atoms with Gasteiger partial charge in [-0.2, -0.15) is 0 Å². The highest BCUT2D eigenvalue weighted by Crippen LogP contribution is 2.29. The second-order valence-electron chi connectivity index (χ2n) is 2.87. The molecule has 4 nitrogen and oxygen atoms in total. The van der Waals surface area contributed by atoms with E-state index in [1.165, 1.54) is 6.20 Å². The quantitative estimate of drug-likeness (QED) is 0.710. The summed E-state index contributed by atoms with van der Waals surface area (Å²) in [7, 11) is 0. The maximum atomic E-state index is 10.8. The van der Waals surface area contributed by atoms with Crippen LogP contribution in [0.3, 0.4) is 0 Å². The average molecular weight is 255 g/mol. The van der Waals surface area contributed by atoms with Gasteiger partial charge in [-0.1, -0.05) is 0 Å². The van der Waals surface area contributed by atoms with Gasteiger partial charge in [0.05, 0.1) is 5.52 Å². The van der Waals surface area contributed by atoms with Gasteiger partial charge in [0, 0.05) is 21.7 Å². The lowest BCUT2D eigenvalue weighted by molar-refractivity contribution is 0.197. The summed E-state index contributed by atoms with van der Waals surface area (Å²) in [4.78, 5) is 10.8. The van der Waals surface area contributed by atoms with Crippen LogP contribution in [-0.4, -0.2) is 15.8 Å². The number of anilines is 1. The number of rotatable bonds is 0. The summed E-state index contributed by atoms with van der Waals surface area (Å²) in [5, 5.41) is 9.65. The van der Waals surface area contributed by atoms with Crippen molar-refractivity contribution >= 4 is 38.6 Å². The van der Waals surface area contributed by atoms with Crippen molar-refractivity contribution in [1.29, 1.82) is 0 Å². The lowest BCUT2D eigenvalue weighted by atomic mass is 10.2. The Morgan fingerprint density at radius 2 is 2.14 bits per heavy atom. The molecule has 0 unspecified atom stereocenters. The predicted molar refractivity (Wildman–Crippen MR) is 57.5 cm³/mol. The number of halogens is 1. The fourth-order valence-corrected chi connectivity index (χ4v) is 1.83. The summed E-state index contributed by atoms with van der Waals surface area (Å²) in [5.74, 6) is 0. The summed E-state index contributed by atoms with van der Waals surface area (Å²) in [6.07, 6.45) is 0.494. The molecule has 0 amide bonds. The summed E-state index contributed by atoms with van der Waals surface area (Å²) >= 11 is 3.31. The van der Waals surface area contributed by atoms with Crippen molar-refractivity contribution in [3.63, 3.8) is 0 Å². The normalized spacial score (nSPS) is 10.6. The summed E-state index contributed by atoms with van der Waals surface area (Å²) in [5.41, 5.74) is 6.89. The van der Waals surface area contributed by atoms with Gasteiger partial charge in [-0.3, -0.25) is 4.57 Å². The van der Waals surface area contributed by atoms with Gasteiger partial charge in [0.25, 0.3) is 0 Å². The minimum Gasteiger partial charge on any atom is -0.464 e. The number of carbonyl (C=O) groups is 1. The van der Waals surface area contributed by atoms with Crippen LogP contribution in [0.1, 0.15) is 0 Å². The third kappa shape index (κ3) is 1.17. The zero-order valence-electron chi connectivity index (χ0n) is 7.07. The number of hydrogen-bond acceptors (Lipinski definition) is 2. The molecule has 0 spiro atoms. The number of nitrogens with two attached hydrogens (primary N) is 1. The minimum atomic E-state index is -1.00. The number of aromatic nitrogens is 1. The molecule has 0 radical (unpaired) electrons. The molecule has 0 bridgehead atoms. The molecule has 0 aliphatic rings. The number of carboxylic acid groups (broad SMARTS) is 1. The van der Waals surface area contributed by atoms with E-state index in [9.17, 15) is 4.79 Å². The van der Waals surface area contributed by atoms with Gasteiger partial charge >= 0.3 is 6.09 Å². The van der Waals surface area contributed by atoms with Gasteiger partial charge in [0.15, 0.2) is 0 Å². The number of nitrogen functional groups attached to an aromatic ring is 1. The molecule has 0 aliphatic carbocycles. The van der Waals surface area contributed by atoms with Gasteiger partial charge in [-0.25, -0.2) is 4.79 Å². The van der Waals surface area contributed by atoms with Crippen molar-refractivity contribution in [2.75, 3.05) is 5.73 Å². The lowest BCUT2D eigenvalue weighted by Crippen LogP contribution is -2.05. The first-order chi connectivity index (χ1) is 6.61. The van der Waals surface area contributed by atoms with Gasteiger partial charge in [0.2, 0.25) is 0 Å². The van der Waals surface area contributed by atoms with Crippen LogP contribution in [0.15, 0.2) is 28.9 Å². The number of fused-ring (bicyclic) bond motifs is 1. The Morgan fingerprint density at radius 3 is 2.79 bits per heavy atom. The van der Waals surface area contributed by atoms with Crippen molar-refractivity contribution in [3.05, 3.63) is 28.9 Å². The van der Waals surface area contributed by atoms with E-state index in [0.717, 1.165) is 14.4 Å².